The number of aromatic amines is 1. The summed E-state index contributed by atoms with van der Waals surface area (Å²) in [4.78, 5) is 7.55. The summed E-state index contributed by atoms with van der Waals surface area (Å²) in [6.45, 7) is 7.86. The average Bonchev–Trinajstić information content (AvgIpc) is 2.70. The second-order valence-electron chi connectivity index (χ2n) is 5.66. The van der Waals surface area contributed by atoms with Crippen molar-refractivity contribution in [2.24, 2.45) is 0 Å². The predicted octanol–water partition coefficient (Wildman–Crippen LogP) is 4.31. The molecule has 1 atom stereocenters. The van der Waals surface area contributed by atoms with Crippen molar-refractivity contribution in [1.82, 2.24) is 9.97 Å². The molecule has 0 saturated heterocycles. The summed E-state index contributed by atoms with van der Waals surface area (Å²) >= 11 is 3.57. The highest BCUT2D eigenvalue weighted by molar-refractivity contribution is 9.09. The van der Waals surface area contributed by atoms with E-state index in [1.54, 1.807) is 6.20 Å². The molecule has 3 nitrogen and oxygen atoms in total. The van der Waals surface area contributed by atoms with Gasteiger partial charge in [0.05, 0.1) is 5.69 Å². The number of nitrogens with zero attached hydrogens (tertiary/aromatic N) is 1. The first kappa shape index (κ1) is 13.8. The van der Waals surface area contributed by atoms with E-state index in [4.69, 9.17) is 4.74 Å². The fourth-order valence-electron chi connectivity index (χ4n) is 1.66. The number of H-pyrrole nitrogens is 1. The molecule has 0 spiro atoms. The van der Waals surface area contributed by atoms with Crippen molar-refractivity contribution in [2.45, 2.75) is 30.7 Å². The van der Waals surface area contributed by atoms with E-state index in [-0.39, 0.29) is 5.01 Å². The minimum Gasteiger partial charge on any atom is -0.361 e. The Morgan fingerprint density at radius 1 is 1.44 bits per heavy atom. The Morgan fingerprint density at radius 2 is 2.22 bits per heavy atom. The molecule has 0 aliphatic carbocycles. The quantitative estimate of drug-likeness (QED) is 0.656. The highest BCUT2D eigenvalue weighted by atomic mass is 79.9. The van der Waals surface area contributed by atoms with Crippen LogP contribution in [-0.4, -0.2) is 24.6 Å². The molecule has 0 saturated carbocycles. The number of hydrogen-bond acceptors (Lipinski definition) is 2. The van der Waals surface area contributed by atoms with Crippen molar-refractivity contribution in [3.63, 3.8) is 0 Å². The monoisotopic (exact) mass is 326 g/mol. The van der Waals surface area contributed by atoms with Crippen molar-refractivity contribution in [3.8, 4) is 0 Å². The van der Waals surface area contributed by atoms with Gasteiger partial charge in [0.25, 0.3) is 0 Å². The Bertz CT molecular complexity index is 488. The highest BCUT2D eigenvalue weighted by Crippen LogP contribution is 2.26. The fraction of sp³-hybridized carbons (Fsp3) is 0.462. The van der Waals surface area contributed by atoms with Crippen molar-refractivity contribution in [2.75, 3.05) is 6.61 Å². The van der Waals surface area contributed by atoms with Gasteiger partial charge in [0.1, 0.15) is 5.65 Å². The maximum Gasteiger partial charge on any atom is 0.152 e. The lowest BCUT2D eigenvalue weighted by Crippen LogP contribution is -2.21. The van der Waals surface area contributed by atoms with Gasteiger partial charge in [0.2, 0.25) is 0 Å². The molecule has 0 aromatic carbocycles. The highest BCUT2D eigenvalue weighted by Gasteiger charge is 2.15. The number of pyridine rings is 1. The van der Waals surface area contributed by atoms with Crippen LogP contribution in [0.1, 0.15) is 10.7 Å². The van der Waals surface area contributed by atoms with Crippen molar-refractivity contribution >= 4 is 35.0 Å². The summed E-state index contributed by atoms with van der Waals surface area (Å²) in [6, 6.07) is 7.24. The SMILES string of the molecule is C[Si](C)(C)CCOC(Br)c1cc2cccnc2[nH]1. The van der Waals surface area contributed by atoms with Gasteiger partial charge in [-0.05, 0) is 24.2 Å². The number of nitrogens with one attached hydrogen (secondary N) is 1. The minimum atomic E-state index is -1.03. The molecule has 18 heavy (non-hydrogen) atoms. The van der Waals surface area contributed by atoms with Crippen molar-refractivity contribution in [1.29, 1.82) is 0 Å². The van der Waals surface area contributed by atoms with E-state index in [0.717, 1.165) is 23.3 Å². The predicted molar refractivity (Wildman–Crippen MR) is 81.9 cm³/mol. The lowest BCUT2D eigenvalue weighted by molar-refractivity contribution is 0.128. The van der Waals surface area contributed by atoms with E-state index in [9.17, 15) is 0 Å². The smallest absolute Gasteiger partial charge is 0.152 e. The standard InChI is InChI=1S/C13H19BrN2OSi/c1-18(2,3)8-7-17-12(14)11-9-10-5-4-6-15-13(10)16-11/h4-6,9,12H,7-8H2,1-3H3,(H,15,16). The second kappa shape index (κ2) is 5.55. The van der Waals surface area contributed by atoms with Crippen LogP contribution < -0.4 is 0 Å². The first-order valence-electron chi connectivity index (χ1n) is 6.15. The summed E-state index contributed by atoms with van der Waals surface area (Å²) in [5.74, 6) is 0. The summed E-state index contributed by atoms with van der Waals surface area (Å²) in [6.07, 6.45) is 1.79. The lowest BCUT2D eigenvalue weighted by atomic mass is 10.3. The van der Waals surface area contributed by atoms with Gasteiger partial charge in [-0.25, -0.2) is 4.98 Å². The summed E-state index contributed by atoms with van der Waals surface area (Å²) in [5, 5.41) is 1.04. The van der Waals surface area contributed by atoms with Crippen LogP contribution in [0.3, 0.4) is 0 Å². The van der Waals surface area contributed by atoms with Crippen LogP contribution in [0.2, 0.25) is 25.7 Å². The van der Waals surface area contributed by atoms with E-state index >= 15 is 0 Å². The molecule has 2 rings (SSSR count). The van der Waals surface area contributed by atoms with Crippen LogP contribution in [0.5, 0.6) is 0 Å². The third kappa shape index (κ3) is 3.67. The van der Waals surface area contributed by atoms with Crippen LogP contribution in [0.25, 0.3) is 11.0 Å². The molecule has 0 aliphatic rings. The number of aromatic nitrogens is 2. The fourth-order valence-corrected chi connectivity index (χ4v) is 2.82. The number of rotatable bonds is 5. The van der Waals surface area contributed by atoms with E-state index < -0.39 is 8.07 Å². The number of fused-ring (bicyclic) bond motifs is 1. The molecule has 0 bridgehead atoms. The van der Waals surface area contributed by atoms with E-state index in [1.807, 2.05) is 12.1 Å². The Balaban J connectivity index is 1.98. The summed E-state index contributed by atoms with van der Waals surface area (Å²) in [5.41, 5.74) is 1.94. The summed E-state index contributed by atoms with van der Waals surface area (Å²) in [7, 11) is -1.03. The Hall–Kier alpha value is -0.653. The molecule has 1 unspecified atom stereocenters. The summed E-state index contributed by atoms with van der Waals surface area (Å²) < 4.78 is 5.83. The lowest BCUT2D eigenvalue weighted by Gasteiger charge is -2.17. The third-order valence-electron chi connectivity index (χ3n) is 2.77. The minimum absolute atomic E-state index is 0.0805. The van der Waals surface area contributed by atoms with Gasteiger partial charge in [-0.15, -0.1) is 0 Å². The van der Waals surface area contributed by atoms with Crippen molar-refractivity contribution in [3.05, 3.63) is 30.1 Å². The molecule has 2 aromatic rings. The van der Waals surface area contributed by atoms with Crippen LogP contribution >= 0.6 is 15.9 Å². The molecule has 2 aromatic heterocycles. The van der Waals surface area contributed by atoms with Gasteiger partial charge in [-0.3, -0.25) is 0 Å². The van der Waals surface area contributed by atoms with E-state index in [1.165, 1.54) is 6.04 Å². The zero-order valence-electron chi connectivity index (χ0n) is 11.0. The van der Waals surface area contributed by atoms with Gasteiger partial charge < -0.3 is 9.72 Å². The normalized spacial score (nSPS) is 14.0. The zero-order valence-corrected chi connectivity index (χ0v) is 13.6. The largest absolute Gasteiger partial charge is 0.361 e. The molecule has 0 radical (unpaired) electrons. The molecule has 5 heteroatoms. The molecule has 98 valence electrons. The Labute approximate surface area is 117 Å². The molecular weight excluding hydrogens is 308 g/mol. The Morgan fingerprint density at radius 3 is 2.89 bits per heavy atom. The molecule has 0 aliphatic heterocycles. The molecule has 2 heterocycles. The number of hydrogen-bond donors (Lipinski definition) is 1. The number of halogens is 1. The molecule has 0 fully saturated rings. The number of alkyl halides is 1. The van der Waals surface area contributed by atoms with Crippen LogP contribution in [0, 0.1) is 0 Å². The maximum absolute atomic E-state index is 5.83. The van der Waals surface area contributed by atoms with Crippen LogP contribution in [0.4, 0.5) is 0 Å². The van der Waals surface area contributed by atoms with Gasteiger partial charge >= 0.3 is 0 Å². The topological polar surface area (TPSA) is 37.9 Å². The van der Waals surface area contributed by atoms with Gasteiger partial charge in [0, 0.05) is 26.3 Å². The second-order valence-corrected chi connectivity index (χ2v) is 12.1. The molecular formula is C13H19BrN2OSi. The molecule has 0 amide bonds. The zero-order chi connectivity index (χ0) is 13.2. The van der Waals surface area contributed by atoms with Crippen molar-refractivity contribution < 1.29 is 4.74 Å². The maximum atomic E-state index is 5.83. The van der Waals surface area contributed by atoms with Gasteiger partial charge in [0.15, 0.2) is 5.01 Å². The van der Waals surface area contributed by atoms with Gasteiger partial charge in [-0.1, -0.05) is 35.6 Å². The van der Waals surface area contributed by atoms with Crippen LogP contribution in [0.15, 0.2) is 24.4 Å². The van der Waals surface area contributed by atoms with E-state index in [2.05, 4.69) is 51.6 Å². The molecule has 1 N–H and O–H groups in total. The third-order valence-corrected chi connectivity index (χ3v) is 5.24. The van der Waals surface area contributed by atoms with Gasteiger partial charge in [-0.2, -0.15) is 0 Å². The first-order valence-corrected chi connectivity index (χ1v) is 10.8. The van der Waals surface area contributed by atoms with E-state index in [0.29, 0.717) is 0 Å². The number of ether oxygens (including phenoxy) is 1. The Kier molecular flexibility index (Phi) is 4.24. The van der Waals surface area contributed by atoms with Crippen LogP contribution in [-0.2, 0) is 4.74 Å². The first-order chi connectivity index (χ1) is 8.46. The average molecular weight is 327 g/mol.